The molecule has 4 nitrogen and oxygen atoms in total. The van der Waals surface area contributed by atoms with Crippen LogP contribution in [-0.4, -0.2) is 41.3 Å². The number of aliphatic hydroxyl groups is 1. The quantitative estimate of drug-likeness (QED) is 0.688. The number of amides is 2. The normalized spacial score (nSPS) is 30.8. The second-order valence-corrected chi connectivity index (χ2v) is 5.31. The predicted molar refractivity (Wildman–Crippen MR) is 66.8 cm³/mol. The van der Waals surface area contributed by atoms with Crippen molar-refractivity contribution in [1.82, 2.24) is 10.2 Å². The molecule has 1 saturated carbocycles. The highest BCUT2D eigenvalue weighted by Gasteiger charge is 2.25. The van der Waals surface area contributed by atoms with Crippen LogP contribution >= 0.6 is 0 Å². The lowest BCUT2D eigenvalue weighted by atomic mass is 10.1. The van der Waals surface area contributed by atoms with Gasteiger partial charge in [-0.25, -0.2) is 4.79 Å². The van der Waals surface area contributed by atoms with Crippen molar-refractivity contribution < 1.29 is 9.90 Å². The third-order valence-electron chi connectivity index (χ3n) is 3.93. The van der Waals surface area contributed by atoms with Gasteiger partial charge in [-0.05, 0) is 32.1 Å². The largest absolute Gasteiger partial charge is 0.391 e. The first-order chi connectivity index (χ1) is 8.27. The third-order valence-corrected chi connectivity index (χ3v) is 3.93. The van der Waals surface area contributed by atoms with Gasteiger partial charge in [-0.3, -0.25) is 0 Å². The molecule has 1 saturated heterocycles. The predicted octanol–water partition coefficient (Wildman–Crippen LogP) is 1.88. The van der Waals surface area contributed by atoms with Gasteiger partial charge in [0.15, 0.2) is 0 Å². The van der Waals surface area contributed by atoms with E-state index in [-0.39, 0.29) is 18.2 Å². The molecule has 0 radical (unpaired) electrons. The summed E-state index contributed by atoms with van der Waals surface area (Å²) < 4.78 is 0. The van der Waals surface area contributed by atoms with Crippen molar-refractivity contribution in [2.24, 2.45) is 0 Å². The van der Waals surface area contributed by atoms with Crippen molar-refractivity contribution in [3.63, 3.8) is 0 Å². The van der Waals surface area contributed by atoms with Gasteiger partial charge < -0.3 is 15.3 Å². The topological polar surface area (TPSA) is 52.6 Å². The van der Waals surface area contributed by atoms with Gasteiger partial charge in [0.2, 0.25) is 0 Å². The third kappa shape index (κ3) is 3.60. The molecule has 0 aromatic rings. The highest BCUT2D eigenvalue weighted by molar-refractivity contribution is 5.74. The van der Waals surface area contributed by atoms with Crippen LogP contribution in [0.15, 0.2) is 0 Å². The van der Waals surface area contributed by atoms with Crippen LogP contribution in [0.1, 0.15) is 51.4 Å². The average molecular weight is 240 g/mol. The second-order valence-electron chi connectivity index (χ2n) is 5.31. The lowest BCUT2D eigenvalue weighted by Gasteiger charge is -2.30. The molecule has 2 N–H and O–H groups in total. The van der Waals surface area contributed by atoms with Crippen LogP contribution in [0, 0.1) is 0 Å². The summed E-state index contributed by atoms with van der Waals surface area (Å²) in [6.07, 6.45) is 8.21. The minimum atomic E-state index is -0.355. The molecule has 1 aliphatic heterocycles. The van der Waals surface area contributed by atoms with Gasteiger partial charge in [0.05, 0.1) is 12.1 Å². The average Bonchev–Trinajstić information content (AvgIpc) is 2.56. The first kappa shape index (κ1) is 12.7. The fourth-order valence-electron chi connectivity index (χ4n) is 2.80. The van der Waals surface area contributed by atoms with E-state index in [2.05, 4.69) is 5.32 Å². The van der Waals surface area contributed by atoms with E-state index in [4.69, 9.17) is 0 Å². The minimum absolute atomic E-state index is 0.0238. The van der Waals surface area contributed by atoms with Crippen LogP contribution in [0.5, 0.6) is 0 Å². The van der Waals surface area contributed by atoms with Crippen LogP contribution < -0.4 is 5.32 Å². The summed E-state index contributed by atoms with van der Waals surface area (Å²) in [5, 5.41) is 13.0. The molecule has 2 amide bonds. The van der Waals surface area contributed by atoms with Gasteiger partial charge in [0.25, 0.3) is 0 Å². The van der Waals surface area contributed by atoms with Crippen molar-refractivity contribution >= 4 is 6.03 Å². The Labute approximate surface area is 103 Å². The molecule has 98 valence electrons. The van der Waals surface area contributed by atoms with E-state index in [9.17, 15) is 9.90 Å². The van der Waals surface area contributed by atoms with E-state index in [0.29, 0.717) is 0 Å². The molecule has 2 aliphatic rings. The summed E-state index contributed by atoms with van der Waals surface area (Å²) in [5.41, 5.74) is 0. The summed E-state index contributed by atoms with van der Waals surface area (Å²) >= 11 is 0. The summed E-state index contributed by atoms with van der Waals surface area (Å²) in [6.45, 7) is 1.74. The van der Waals surface area contributed by atoms with E-state index in [1.807, 2.05) is 4.90 Å². The van der Waals surface area contributed by atoms with E-state index >= 15 is 0 Å². The number of aliphatic hydroxyl groups excluding tert-OH is 1. The summed E-state index contributed by atoms with van der Waals surface area (Å²) in [6, 6.07) is -0.0115. The highest BCUT2D eigenvalue weighted by Crippen LogP contribution is 2.18. The maximum atomic E-state index is 12.0. The number of carbonyl (C=O) groups is 1. The monoisotopic (exact) mass is 240 g/mol. The van der Waals surface area contributed by atoms with Crippen molar-refractivity contribution in [3.8, 4) is 0 Å². The Hall–Kier alpha value is -0.770. The smallest absolute Gasteiger partial charge is 0.317 e. The molecule has 2 unspecified atom stereocenters. The SMILES string of the molecule is O=C(NC1CCCCCC1O)N1CCCCC1. The zero-order valence-corrected chi connectivity index (χ0v) is 10.5. The number of hydrogen-bond acceptors (Lipinski definition) is 2. The van der Waals surface area contributed by atoms with Gasteiger partial charge in [-0.2, -0.15) is 0 Å². The van der Waals surface area contributed by atoms with Gasteiger partial charge >= 0.3 is 6.03 Å². The molecule has 4 heteroatoms. The van der Waals surface area contributed by atoms with Gasteiger partial charge in [0, 0.05) is 13.1 Å². The van der Waals surface area contributed by atoms with E-state index in [1.54, 1.807) is 0 Å². The van der Waals surface area contributed by atoms with Crippen LogP contribution in [-0.2, 0) is 0 Å². The molecular weight excluding hydrogens is 216 g/mol. The van der Waals surface area contributed by atoms with Crippen LogP contribution in [0.2, 0.25) is 0 Å². The Balaban J connectivity index is 1.83. The molecule has 2 fully saturated rings. The van der Waals surface area contributed by atoms with E-state index in [0.717, 1.165) is 51.6 Å². The molecule has 0 spiro atoms. The van der Waals surface area contributed by atoms with Gasteiger partial charge in [-0.15, -0.1) is 0 Å². The first-order valence-electron chi connectivity index (χ1n) is 7.01. The molecule has 2 rings (SSSR count). The Morgan fingerprint density at radius 2 is 1.65 bits per heavy atom. The number of piperidine rings is 1. The van der Waals surface area contributed by atoms with Crippen LogP contribution in [0.4, 0.5) is 4.79 Å². The Morgan fingerprint density at radius 3 is 2.41 bits per heavy atom. The maximum Gasteiger partial charge on any atom is 0.317 e. The zero-order valence-electron chi connectivity index (χ0n) is 10.5. The fourth-order valence-corrected chi connectivity index (χ4v) is 2.80. The number of rotatable bonds is 1. The molecule has 0 aromatic carbocycles. The number of hydrogen-bond donors (Lipinski definition) is 2. The lowest BCUT2D eigenvalue weighted by molar-refractivity contribution is 0.114. The van der Waals surface area contributed by atoms with Crippen molar-refractivity contribution in [2.45, 2.75) is 63.5 Å². The first-order valence-corrected chi connectivity index (χ1v) is 7.01. The molecular formula is C13H24N2O2. The summed E-state index contributed by atoms with van der Waals surface area (Å²) in [5.74, 6) is 0. The zero-order chi connectivity index (χ0) is 12.1. The summed E-state index contributed by atoms with van der Waals surface area (Å²) in [7, 11) is 0. The van der Waals surface area contributed by atoms with Gasteiger partial charge in [0.1, 0.15) is 0 Å². The van der Waals surface area contributed by atoms with Gasteiger partial charge in [-0.1, -0.05) is 19.3 Å². The van der Waals surface area contributed by atoms with Crippen molar-refractivity contribution in [3.05, 3.63) is 0 Å². The fraction of sp³-hybridized carbons (Fsp3) is 0.923. The molecule has 17 heavy (non-hydrogen) atoms. The Morgan fingerprint density at radius 1 is 1.00 bits per heavy atom. The van der Waals surface area contributed by atoms with E-state index in [1.165, 1.54) is 12.8 Å². The van der Waals surface area contributed by atoms with Crippen LogP contribution in [0.3, 0.4) is 0 Å². The molecule has 1 aliphatic carbocycles. The number of nitrogens with one attached hydrogen (secondary N) is 1. The summed E-state index contributed by atoms with van der Waals surface area (Å²) in [4.78, 5) is 13.9. The minimum Gasteiger partial charge on any atom is -0.391 e. The number of likely N-dealkylation sites (tertiary alicyclic amines) is 1. The maximum absolute atomic E-state index is 12.0. The number of urea groups is 1. The molecule has 0 bridgehead atoms. The second kappa shape index (κ2) is 6.24. The molecule has 2 atom stereocenters. The van der Waals surface area contributed by atoms with E-state index < -0.39 is 0 Å². The van der Waals surface area contributed by atoms with Crippen molar-refractivity contribution in [1.29, 1.82) is 0 Å². The highest BCUT2D eigenvalue weighted by atomic mass is 16.3. The standard InChI is InChI=1S/C13H24N2O2/c16-12-8-4-1-3-7-11(12)14-13(17)15-9-5-2-6-10-15/h11-12,16H,1-10H2,(H,14,17). The lowest BCUT2D eigenvalue weighted by Crippen LogP contribution is -2.50. The Kier molecular flexibility index (Phi) is 4.66. The molecule has 0 aromatic heterocycles. The number of nitrogens with zero attached hydrogens (tertiary/aromatic N) is 1. The molecule has 1 heterocycles. The number of carbonyl (C=O) groups excluding carboxylic acids is 1. The van der Waals surface area contributed by atoms with Crippen molar-refractivity contribution in [2.75, 3.05) is 13.1 Å². The van der Waals surface area contributed by atoms with Crippen LogP contribution in [0.25, 0.3) is 0 Å². The Bertz CT molecular complexity index is 252.